The van der Waals surface area contributed by atoms with Gasteiger partial charge in [0.2, 0.25) is 0 Å². The lowest BCUT2D eigenvalue weighted by Gasteiger charge is -2.40. The molecule has 1 N–H and O–H groups in total. The van der Waals surface area contributed by atoms with Crippen molar-refractivity contribution in [1.82, 2.24) is 5.32 Å². The summed E-state index contributed by atoms with van der Waals surface area (Å²) in [7, 11) is 0. The van der Waals surface area contributed by atoms with Crippen LogP contribution >= 0.6 is 11.8 Å². The first-order valence-electron chi connectivity index (χ1n) is 7.89. The Kier molecular flexibility index (Phi) is 4.28. The highest BCUT2D eigenvalue weighted by Gasteiger charge is 2.33. The summed E-state index contributed by atoms with van der Waals surface area (Å²) in [5, 5.41) is 6.61. The molecule has 1 aliphatic rings. The second-order valence-electron chi connectivity index (χ2n) is 6.82. The highest BCUT2D eigenvalue weighted by Crippen LogP contribution is 2.36. The van der Waals surface area contributed by atoms with Crippen molar-refractivity contribution in [1.29, 1.82) is 0 Å². The summed E-state index contributed by atoms with van der Waals surface area (Å²) >= 11 is 2.08. The molecular formula is C19H25NS. The lowest BCUT2D eigenvalue weighted by molar-refractivity contribution is 0.232. The van der Waals surface area contributed by atoms with Crippen LogP contribution in [-0.4, -0.2) is 17.5 Å². The minimum absolute atomic E-state index is 0.388. The summed E-state index contributed by atoms with van der Waals surface area (Å²) in [5.74, 6) is 2.52. The molecule has 1 nitrogen and oxygen atoms in total. The molecule has 3 rings (SSSR count). The minimum Gasteiger partial charge on any atom is -0.306 e. The molecule has 1 heterocycles. The third-order valence-electron chi connectivity index (χ3n) is 4.86. The fourth-order valence-electron chi connectivity index (χ4n) is 3.23. The molecule has 1 fully saturated rings. The zero-order valence-electron chi connectivity index (χ0n) is 13.2. The lowest BCUT2D eigenvalue weighted by Crippen LogP contribution is -2.47. The van der Waals surface area contributed by atoms with Crippen molar-refractivity contribution in [3.63, 3.8) is 0 Å². The van der Waals surface area contributed by atoms with Crippen LogP contribution in [0.15, 0.2) is 42.5 Å². The molecule has 0 amide bonds. The number of rotatable bonds is 3. The van der Waals surface area contributed by atoms with Gasteiger partial charge in [0.15, 0.2) is 0 Å². The van der Waals surface area contributed by atoms with Gasteiger partial charge in [0, 0.05) is 17.8 Å². The van der Waals surface area contributed by atoms with Gasteiger partial charge in [0.25, 0.3) is 0 Å². The standard InChI is InChI=1S/C19H25NS/c1-14(20-18-13-21-12-11-19(18,2)3)16-10-6-8-15-7-4-5-9-17(15)16/h4-10,14,18,20H,11-13H2,1-3H3. The zero-order chi connectivity index (χ0) is 14.9. The fourth-order valence-corrected chi connectivity index (χ4v) is 4.85. The van der Waals surface area contributed by atoms with Crippen molar-refractivity contribution in [2.45, 2.75) is 39.3 Å². The largest absolute Gasteiger partial charge is 0.306 e. The van der Waals surface area contributed by atoms with Crippen LogP contribution in [0.25, 0.3) is 10.8 Å². The SMILES string of the molecule is CC(NC1CSCCC1(C)C)c1cccc2ccccc12. The van der Waals surface area contributed by atoms with E-state index in [9.17, 15) is 0 Å². The van der Waals surface area contributed by atoms with Crippen LogP contribution in [0.5, 0.6) is 0 Å². The van der Waals surface area contributed by atoms with E-state index in [-0.39, 0.29) is 0 Å². The molecule has 1 saturated heterocycles. The highest BCUT2D eigenvalue weighted by atomic mass is 32.2. The van der Waals surface area contributed by atoms with Gasteiger partial charge < -0.3 is 5.32 Å². The molecule has 0 spiro atoms. The quantitative estimate of drug-likeness (QED) is 0.854. The van der Waals surface area contributed by atoms with Crippen molar-refractivity contribution in [3.8, 4) is 0 Å². The number of thioether (sulfide) groups is 1. The van der Waals surface area contributed by atoms with Gasteiger partial charge in [-0.3, -0.25) is 0 Å². The van der Waals surface area contributed by atoms with Gasteiger partial charge in [-0.15, -0.1) is 0 Å². The third-order valence-corrected chi connectivity index (χ3v) is 5.92. The average molecular weight is 299 g/mol. The molecular weight excluding hydrogens is 274 g/mol. The Morgan fingerprint density at radius 2 is 1.90 bits per heavy atom. The molecule has 2 unspecified atom stereocenters. The summed E-state index contributed by atoms with van der Waals surface area (Å²) in [6.07, 6.45) is 1.30. The van der Waals surface area contributed by atoms with Crippen molar-refractivity contribution in [2.24, 2.45) is 5.41 Å². The van der Waals surface area contributed by atoms with Crippen LogP contribution in [-0.2, 0) is 0 Å². The molecule has 0 aliphatic carbocycles. The summed E-state index contributed by atoms with van der Waals surface area (Å²) in [5.41, 5.74) is 1.81. The number of nitrogens with one attached hydrogen (secondary N) is 1. The van der Waals surface area contributed by atoms with Gasteiger partial charge in [-0.2, -0.15) is 11.8 Å². The first-order valence-corrected chi connectivity index (χ1v) is 9.05. The van der Waals surface area contributed by atoms with Crippen LogP contribution in [0.2, 0.25) is 0 Å². The molecule has 112 valence electrons. The summed E-state index contributed by atoms with van der Waals surface area (Å²) in [6, 6.07) is 16.3. The highest BCUT2D eigenvalue weighted by molar-refractivity contribution is 7.99. The first kappa shape index (κ1) is 14.9. The van der Waals surface area contributed by atoms with Crippen LogP contribution in [0.1, 0.15) is 38.8 Å². The molecule has 2 heteroatoms. The van der Waals surface area contributed by atoms with Gasteiger partial charge in [-0.1, -0.05) is 56.3 Å². The predicted octanol–water partition coefficient (Wildman–Crippen LogP) is 5.02. The third kappa shape index (κ3) is 3.12. The molecule has 2 aromatic carbocycles. The second kappa shape index (κ2) is 6.02. The van der Waals surface area contributed by atoms with Gasteiger partial charge in [0.1, 0.15) is 0 Å². The lowest BCUT2D eigenvalue weighted by atomic mass is 9.81. The van der Waals surface area contributed by atoms with E-state index in [1.165, 1.54) is 34.3 Å². The molecule has 1 aliphatic heterocycles. The number of benzene rings is 2. The molecule has 21 heavy (non-hydrogen) atoms. The molecule has 0 saturated carbocycles. The Morgan fingerprint density at radius 1 is 1.14 bits per heavy atom. The van der Waals surface area contributed by atoms with Crippen LogP contribution in [0, 0.1) is 5.41 Å². The average Bonchev–Trinajstić information content (AvgIpc) is 2.48. The van der Waals surface area contributed by atoms with E-state index >= 15 is 0 Å². The van der Waals surface area contributed by atoms with E-state index in [0.29, 0.717) is 17.5 Å². The maximum atomic E-state index is 3.90. The van der Waals surface area contributed by atoms with Crippen LogP contribution in [0.3, 0.4) is 0 Å². The van der Waals surface area contributed by atoms with Crippen molar-refractivity contribution < 1.29 is 0 Å². The van der Waals surface area contributed by atoms with Crippen LogP contribution < -0.4 is 5.32 Å². The van der Waals surface area contributed by atoms with Crippen molar-refractivity contribution in [2.75, 3.05) is 11.5 Å². The molecule has 0 radical (unpaired) electrons. The van der Waals surface area contributed by atoms with Gasteiger partial charge >= 0.3 is 0 Å². The van der Waals surface area contributed by atoms with E-state index in [1.54, 1.807) is 0 Å². The van der Waals surface area contributed by atoms with E-state index in [1.807, 2.05) is 0 Å². The Balaban J connectivity index is 1.85. The molecule has 0 bridgehead atoms. The van der Waals surface area contributed by atoms with Crippen molar-refractivity contribution in [3.05, 3.63) is 48.0 Å². The normalized spacial score (nSPS) is 23.1. The number of hydrogen-bond donors (Lipinski definition) is 1. The molecule has 2 aromatic rings. The van der Waals surface area contributed by atoms with Gasteiger partial charge in [0.05, 0.1) is 0 Å². The van der Waals surface area contributed by atoms with Crippen molar-refractivity contribution >= 4 is 22.5 Å². The van der Waals surface area contributed by atoms with E-state index in [0.717, 1.165) is 0 Å². The van der Waals surface area contributed by atoms with E-state index in [4.69, 9.17) is 0 Å². The minimum atomic E-state index is 0.388. The smallest absolute Gasteiger partial charge is 0.0301 e. The second-order valence-corrected chi connectivity index (χ2v) is 7.97. The summed E-state index contributed by atoms with van der Waals surface area (Å²) < 4.78 is 0. The van der Waals surface area contributed by atoms with Gasteiger partial charge in [-0.05, 0) is 40.8 Å². The topological polar surface area (TPSA) is 12.0 Å². The molecule has 2 atom stereocenters. The molecule has 0 aromatic heterocycles. The maximum Gasteiger partial charge on any atom is 0.0301 e. The Morgan fingerprint density at radius 3 is 2.71 bits per heavy atom. The van der Waals surface area contributed by atoms with Crippen LogP contribution in [0.4, 0.5) is 0 Å². The number of fused-ring (bicyclic) bond motifs is 1. The van der Waals surface area contributed by atoms with E-state index in [2.05, 4.69) is 80.3 Å². The summed E-state index contributed by atoms with van der Waals surface area (Å²) in [4.78, 5) is 0. The first-order chi connectivity index (χ1) is 10.1. The fraction of sp³-hybridized carbons (Fsp3) is 0.474. The number of hydrogen-bond acceptors (Lipinski definition) is 2. The predicted molar refractivity (Wildman–Crippen MR) is 95.0 cm³/mol. The monoisotopic (exact) mass is 299 g/mol. The van der Waals surface area contributed by atoms with E-state index < -0.39 is 0 Å². The summed E-state index contributed by atoms with van der Waals surface area (Å²) in [6.45, 7) is 7.11. The van der Waals surface area contributed by atoms with Gasteiger partial charge in [-0.25, -0.2) is 0 Å². The Labute approximate surface area is 132 Å². The maximum absolute atomic E-state index is 3.90. The Hall–Kier alpha value is -0.990. The Bertz CT molecular complexity index is 614. The zero-order valence-corrected chi connectivity index (χ0v) is 14.0.